The van der Waals surface area contributed by atoms with Crippen LogP contribution in [-0.2, 0) is 16.0 Å². The quantitative estimate of drug-likeness (QED) is 0.776. The maximum atomic E-state index is 6.53. The van der Waals surface area contributed by atoms with Gasteiger partial charge in [-0.1, -0.05) is 32.0 Å². The van der Waals surface area contributed by atoms with Crippen LogP contribution in [0.5, 0.6) is 0 Å². The minimum absolute atomic E-state index is 0.233. The van der Waals surface area contributed by atoms with Crippen LogP contribution in [0.15, 0.2) is 24.3 Å². The summed E-state index contributed by atoms with van der Waals surface area (Å²) in [6.45, 7) is 8.02. The Morgan fingerprint density at radius 2 is 2.00 bits per heavy atom. The van der Waals surface area contributed by atoms with Gasteiger partial charge in [0.1, 0.15) is 12.1 Å². The highest BCUT2D eigenvalue weighted by atomic mass is 16.6. The zero-order valence-electron chi connectivity index (χ0n) is 17.2. The zero-order valence-corrected chi connectivity index (χ0v) is 17.2. The van der Waals surface area contributed by atoms with E-state index in [9.17, 15) is 0 Å². The molecule has 5 rings (SSSR count). The summed E-state index contributed by atoms with van der Waals surface area (Å²) in [6.07, 6.45) is 2.21. The van der Waals surface area contributed by atoms with Crippen molar-refractivity contribution in [1.29, 1.82) is 0 Å². The highest BCUT2D eigenvalue weighted by Crippen LogP contribution is 2.40. The van der Waals surface area contributed by atoms with Gasteiger partial charge in [-0.15, -0.1) is 5.10 Å². The second kappa shape index (κ2) is 8.45. The first-order valence-corrected chi connectivity index (χ1v) is 10.5. The largest absolute Gasteiger partial charge is 0.370 e. The lowest BCUT2D eigenvalue weighted by molar-refractivity contribution is -0.0370. The fourth-order valence-corrected chi connectivity index (χ4v) is 4.47. The lowest BCUT2D eigenvalue weighted by Gasteiger charge is -2.28. The predicted octanol–water partition coefficient (Wildman–Crippen LogP) is 0.915. The first-order valence-electron chi connectivity index (χ1n) is 10.5. The molecule has 0 saturated carbocycles. The molecule has 9 heteroatoms. The van der Waals surface area contributed by atoms with Crippen molar-refractivity contribution in [3.63, 3.8) is 0 Å². The molecule has 0 bridgehead atoms. The second-order valence-electron chi connectivity index (χ2n) is 7.73. The van der Waals surface area contributed by atoms with Gasteiger partial charge in [-0.25, -0.2) is 4.68 Å². The lowest BCUT2D eigenvalue weighted by Crippen LogP contribution is -2.54. The van der Waals surface area contributed by atoms with Gasteiger partial charge in [-0.3, -0.25) is 10.6 Å². The summed E-state index contributed by atoms with van der Waals surface area (Å²) in [6, 6.07) is 7.82. The van der Waals surface area contributed by atoms with Crippen LogP contribution in [0.3, 0.4) is 0 Å². The van der Waals surface area contributed by atoms with Crippen LogP contribution in [-0.4, -0.2) is 69.3 Å². The number of aromatic nitrogens is 4. The summed E-state index contributed by atoms with van der Waals surface area (Å²) in [5.74, 6) is 0.668. The molecular formula is C20H31N7O2. The normalized spacial score (nSPS) is 31.5. The maximum Gasteiger partial charge on any atom is 0.182 e. The van der Waals surface area contributed by atoms with E-state index in [0.717, 1.165) is 25.2 Å². The van der Waals surface area contributed by atoms with Gasteiger partial charge in [0.05, 0.1) is 19.3 Å². The number of nitrogens with zero attached hydrogens (tertiary/aromatic N) is 5. The van der Waals surface area contributed by atoms with Crippen molar-refractivity contribution < 1.29 is 9.47 Å². The molecule has 3 fully saturated rings. The van der Waals surface area contributed by atoms with E-state index in [1.165, 1.54) is 18.4 Å². The van der Waals surface area contributed by atoms with Gasteiger partial charge >= 0.3 is 0 Å². The van der Waals surface area contributed by atoms with Crippen LogP contribution >= 0.6 is 0 Å². The standard InChI is InChI=1S/C18H25N7O2.C2H6/c19-14-10-27-18(20)15(11-26-16(14)18)25-17(21-22-23-25)13-5-3-4-12(8-13)9-24-6-1-2-7-24;1-2/h3-5,8,14-16H,1-2,6-7,9-11,19-20H2;1-2H3. The molecule has 3 aliphatic rings. The van der Waals surface area contributed by atoms with E-state index in [-0.39, 0.29) is 18.2 Å². The zero-order chi connectivity index (χ0) is 20.4. The van der Waals surface area contributed by atoms with E-state index in [4.69, 9.17) is 20.9 Å². The van der Waals surface area contributed by atoms with E-state index in [1.807, 2.05) is 26.0 Å². The molecule has 1 aromatic heterocycles. The van der Waals surface area contributed by atoms with Gasteiger partial charge in [-0.05, 0) is 48.0 Å². The monoisotopic (exact) mass is 401 g/mol. The SMILES string of the molecule is CC.NC1COC2(N)C1OCC2n1nnnc1-c1cccc(CN2CCCC2)c1. The second-order valence-corrected chi connectivity index (χ2v) is 7.73. The fourth-order valence-electron chi connectivity index (χ4n) is 4.47. The van der Waals surface area contributed by atoms with Crippen molar-refractivity contribution in [2.45, 2.75) is 57.1 Å². The Kier molecular flexibility index (Phi) is 5.93. The maximum absolute atomic E-state index is 6.53. The molecule has 29 heavy (non-hydrogen) atoms. The van der Waals surface area contributed by atoms with Crippen LogP contribution in [0, 0.1) is 0 Å². The van der Waals surface area contributed by atoms with Crippen molar-refractivity contribution in [2.75, 3.05) is 26.3 Å². The van der Waals surface area contributed by atoms with Crippen LogP contribution in [0.4, 0.5) is 0 Å². The Morgan fingerprint density at radius 3 is 2.79 bits per heavy atom. The third-order valence-corrected chi connectivity index (χ3v) is 5.89. The number of rotatable bonds is 4. The van der Waals surface area contributed by atoms with Gasteiger partial charge < -0.3 is 15.2 Å². The molecule has 9 nitrogen and oxygen atoms in total. The molecule has 1 aromatic carbocycles. The van der Waals surface area contributed by atoms with Crippen molar-refractivity contribution in [3.05, 3.63) is 29.8 Å². The highest BCUT2D eigenvalue weighted by Gasteiger charge is 2.58. The minimum atomic E-state index is -1.00. The predicted molar refractivity (Wildman–Crippen MR) is 109 cm³/mol. The van der Waals surface area contributed by atoms with Crippen molar-refractivity contribution in [3.8, 4) is 11.4 Å². The van der Waals surface area contributed by atoms with Gasteiger partial charge in [0.2, 0.25) is 0 Å². The third-order valence-electron chi connectivity index (χ3n) is 5.89. The number of hydrogen-bond donors (Lipinski definition) is 2. The summed E-state index contributed by atoms with van der Waals surface area (Å²) in [5, 5.41) is 12.4. The molecule has 0 radical (unpaired) electrons. The van der Waals surface area contributed by atoms with Gasteiger partial charge in [0.15, 0.2) is 11.5 Å². The number of benzene rings is 1. The summed E-state index contributed by atoms with van der Waals surface area (Å²) < 4.78 is 13.4. The Balaban J connectivity index is 0.000000994. The number of tetrazole rings is 1. The van der Waals surface area contributed by atoms with E-state index in [1.54, 1.807) is 4.68 Å². The molecule has 3 aliphatic heterocycles. The van der Waals surface area contributed by atoms with E-state index in [0.29, 0.717) is 19.0 Å². The van der Waals surface area contributed by atoms with Crippen molar-refractivity contribution in [1.82, 2.24) is 25.1 Å². The van der Waals surface area contributed by atoms with Gasteiger partial charge in [0.25, 0.3) is 0 Å². The third kappa shape index (κ3) is 3.69. The number of likely N-dealkylation sites (tertiary alicyclic amines) is 1. The van der Waals surface area contributed by atoms with Crippen LogP contribution < -0.4 is 11.5 Å². The van der Waals surface area contributed by atoms with Crippen molar-refractivity contribution >= 4 is 0 Å². The molecule has 2 aromatic rings. The van der Waals surface area contributed by atoms with Gasteiger partial charge in [-0.2, -0.15) is 0 Å². The molecule has 4 atom stereocenters. The lowest BCUT2D eigenvalue weighted by atomic mass is 10.00. The number of fused-ring (bicyclic) bond motifs is 1. The summed E-state index contributed by atoms with van der Waals surface area (Å²) >= 11 is 0. The molecule has 158 valence electrons. The van der Waals surface area contributed by atoms with E-state index in [2.05, 4.69) is 32.6 Å². The Labute approximate surface area is 171 Å². The summed E-state index contributed by atoms with van der Waals surface area (Å²) in [5.41, 5.74) is 13.8. The van der Waals surface area contributed by atoms with Crippen molar-refractivity contribution in [2.24, 2.45) is 11.5 Å². The minimum Gasteiger partial charge on any atom is -0.370 e. The van der Waals surface area contributed by atoms with E-state index >= 15 is 0 Å². The number of ether oxygens (including phenoxy) is 2. The van der Waals surface area contributed by atoms with Crippen LogP contribution in [0.1, 0.15) is 38.3 Å². The Hall–Kier alpha value is -1.91. The number of nitrogens with two attached hydrogens (primary N) is 2. The first kappa shape index (κ1) is 20.4. The average Bonchev–Trinajstić information content (AvgIpc) is 3.51. The molecule has 3 saturated heterocycles. The Morgan fingerprint density at radius 1 is 1.21 bits per heavy atom. The fraction of sp³-hybridized carbons (Fsp3) is 0.650. The molecule has 0 aliphatic carbocycles. The topological polar surface area (TPSA) is 117 Å². The molecule has 0 spiro atoms. The van der Waals surface area contributed by atoms with Crippen LogP contribution in [0.25, 0.3) is 11.4 Å². The number of hydrogen-bond acceptors (Lipinski definition) is 8. The highest BCUT2D eigenvalue weighted by molar-refractivity contribution is 5.56. The molecule has 0 amide bonds. The molecule has 4 unspecified atom stereocenters. The summed E-state index contributed by atoms with van der Waals surface area (Å²) in [7, 11) is 0. The van der Waals surface area contributed by atoms with Gasteiger partial charge in [0, 0.05) is 12.1 Å². The average molecular weight is 402 g/mol. The smallest absolute Gasteiger partial charge is 0.182 e. The Bertz CT molecular complexity index is 823. The van der Waals surface area contributed by atoms with Crippen LogP contribution in [0.2, 0.25) is 0 Å². The molecule has 4 N–H and O–H groups in total. The van der Waals surface area contributed by atoms with E-state index < -0.39 is 5.72 Å². The first-order chi connectivity index (χ1) is 14.1. The molecular weight excluding hydrogens is 370 g/mol. The molecule has 4 heterocycles. The summed E-state index contributed by atoms with van der Waals surface area (Å²) in [4.78, 5) is 2.47.